The van der Waals surface area contributed by atoms with Crippen LogP contribution in [0.3, 0.4) is 0 Å². The molecule has 0 aromatic heterocycles. The molecule has 0 bridgehead atoms. The Labute approximate surface area is 137 Å². The Hall–Kier alpha value is -1.83. The number of rotatable bonds is 5. The fourth-order valence-electron chi connectivity index (χ4n) is 1.79. The Morgan fingerprint density at radius 1 is 1.21 bits per heavy atom. The first kappa shape index (κ1) is 22.2. The molecule has 1 fully saturated rings. The molecule has 0 saturated carbocycles. The fourth-order valence-corrected chi connectivity index (χ4v) is 1.79. The van der Waals surface area contributed by atoms with E-state index in [1.54, 1.807) is 0 Å². The van der Waals surface area contributed by atoms with Crippen LogP contribution in [0.5, 0.6) is 0 Å². The number of carbonyl (C=O) groups is 3. The second-order valence-electron chi connectivity index (χ2n) is 5.07. The Morgan fingerprint density at radius 3 is 2.08 bits per heavy atom. The lowest BCUT2D eigenvalue weighted by molar-refractivity contribution is -0.253. The minimum absolute atomic E-state index is 0.310. The number of carboxylic acid groups (broad SMARTS) is 1. The van der Waals surface area contributed by atoms with Crippen LogP contribution in [-0.2, 0) is 19.1 Å². The lowest BCUT2D eigenvalue weighted by Gasteiger charge is -2.40. The number of carboxylic acids is 1. The average Bonchev–Trinajstić information content (AvgIpc) is 2.47. The first-order valence-electron chi connectivity index (χ1n) is 6.85. The number of hydrogen-bond donors (Lipinski definition) is 8. The summed E-state index contributed by atoms with van der Waals surface area (Å²) in [4.78, 5) is 30.6. The number of aliphatic hydroxyl groups excluding tert-OH is 4. The van der Waals surface area contributed by atoms with E-state index in [4.69, 9.17) is 20.7 Å². The van der Waals surface area contributed by atoms with E-state index in [-0.39, 0.29) is 6.42 Å². The molecule has 0 aromatic carbocycles. The van der Waals surface area contributed by atoms with E-state index in [0.717, 1.165) is 0 Å². The molecule has 0 aromatic rings. The van der Waals surface area contributed by atoms with E-state index in [2.05, 4.69) is 11.1 Å². The molecular weight excluding hydrogens is 330 g/mol. The van der Waals surface area contributed by atoms with Gasteiger partial charge in [-0.3, -0.25) is 14.4 Å². The number of nitrogens with one attached hydrogen (secondary N) is 1. The van der Waals surface area contributed by atoms with E-state index in [9.17, 15) is 29.7 Å². The van der Waals surface area contributed by atoms with Crippen LogP contribution in [-0.4, -0.2) is 86.6 Å². The highest BCUT2D eigenvalue weighted by molar-refractivity contribution is 5.83. The van der Waals surface area contributed by atoms with Gasteiger partial charge in [0.1, 0.15) is 30.4 Å². The van der Waals surface area contributed by atoms with Crippen LogP contribution in [0.4, 0.5) is 0 Å². The SMILES string of the molecule is CC(=O)N[C@@H]1C(O)O[C@@H](CO)[C@H](O)[C@H]1O.NC(=O)CC(N)C(=O)O. The molecule has 1 aliphatic heterocycles. The second-order valence-corrected chi connectivity index (χ2v) is 5.07. The maximum absolute atomic E-state index is 10.7. The standard InChI is InChI=1S/C8H15NO6.C4H8N2O3/c1-3(11)9-5-7(13)6(12)4(2-10)15-8(5)14;5-2(4(8)9)1-3(6)7/h4-8,10,12-14H,2H2,1H3,(H,9,11);2H,1,5H2,(H2,6,7)(H,8,9)/t4-,5-,6-,7-,8?;/m0./s1. The third kappa shape index (κ3) is 7.16. The zero-order valence-electron chi connectivity index (χ0n) is 12.9. The minimum Gasteiger partial charge on any atom is -0.480 e. The Morgan fingerprint density at radius 2 is 1.75 bits per heavy atom. The maximum Gasteiger partial charge on any atom is 0.321 e. The van der Waals surface area contributed by atoms with Gasteiger partial charge in [0.2, 0.25) is 11.8 Å². The highest BCUT2D eigenvalue weighted by Gasteiger charge is 2.43. The van der Waals surface area contributed by atoms with E-state index in [1.165, 1.54) is 6.92 Å². The lowest BCUT2D eigenvalue weighted by Crippen LogP contribution is -2.63. The molecule has 1 heterocycles. The highest BCUT2D eigenvalue weighted by atomic mass is 16.6. The Bertz CT molecular complexity index is 447. The summed E-state index contributed by atoms with van der Waals surface area (Å²) in [6, 6.07) is -2.26. The van der Waals surface area contributed by atoms with Gasteiger partial charge < -0.3 is 47.1 Å². The van der Waals surface area contributed by atoms with E-state index < -0.39 is 61.1 Å². The number of ether oxygens (including phenoxy) is 1. The van der Waals surface area contributed by atoms with Gasteiger partial charge in [-0.1, -0.05) is 0 Å². The van der Waals surface area contributed by atoms with Crippen LogP contribution >= 0.6 is 0 Å². The second kappa shape index (κ2) is 10.1. The van der Waals surface area contributed by atoms with Gasteiger partial charge in [0.05, 0.1) is 13.0 Å². The van der Waals surface area contributed by atoms with Crippen molar-refractivity contribution in [3.8, 4) is 0 Å². The normalized spacial score (nSPS) is 30.5. The lowest BCUT2D eigenvalue weighted by atomic mass is 9.97. The monoisotopic (exact) mass is 353 g/mol. The van der Waals surface area contributed by atoms with Gasteiger partial charge in [0, 0.05) is 6.92 Å². The van der Waals surface area contributed by atoms with Gasteiger partial charge >= 0.3 is 5.97 Å². The summed E-state index contributed by atoms with van der Waals surface area (Å²) in [5, 5.41) is 47.5. The van der Waals surface area contributed by atoms with Crippen molar-refractivity contribution in [1.29, 1.82) is 0 Å². The molecule has 140 valence electrons. The molecule has 2 amide bonds. The van der Waals surface area contributed by atoms with Crippen molar-refractivity contribution >= 4 is 17.8 Å². The van der Waals surface area contributed by atoms with Crippen molar-refractivity contribution in [2.45, 2.75) is 50.0 Å². The van der Waals surface area contributed by atoms with Crippen molar-refractivity contribution in [3.05, 3.63) is 0 Å². The van der Waals surface area contributed by atoms with Gasteiger partial charge in [-0.2, -0.15) is 0 Å². The number of primary amides is 1. The molecular formula is C12H23N3O9. The van der Waals surface area contributed by atoms with E-state index >= 15 is 0 Å². The third-order valence-electron chi connectivity index (χ3n) is 3.01. The fraction of sp³-hybridized carbons (Fsp3) is 0.750. The predicted molar refractivity (Wildman–Crippen MR) is 77.0 cm³/mol. The zero-order valence-corrected chi connectivity index (χ0v) is 12.9. The number of amides is 2. The summed E-state index contributed by atoms with van der Waals surface area (Å²) in [7, 11) is 0. The number of aliphatic carboxylic acids is 1. The Balaban J connectivity index is 0.000000506. The number of carbonyl (C=O) groups excluding carboxylic acids is 2. The molecule has 2 unspecified atom stereocenters. The summed E-state index contributed by atoms with van der Waals surface area (Å²) >= 11 is 0. The molecule has 1 aliphatic rings. The molecule has 0 radical (unpaired) electrons. The summed E-state index contributed by atoms with van der Waals surface area (Å²) in [6.45, 7) is 0.687. The van der Waals surface area contributed by atoms with Crippen molar-refractivity contribution in [3.63, 3.8) is 0 Å². The molecule has 12 heteroatoms. The van der Waals surface area contributed by atoms with Crippen molar-refractivity contribution in [2.24, 2.45) is 11.5 Å². The molecule has 6 atom stereocenters. The molecule has 0 aliphatic carbocycles. The molecule has 12 nitrogen and oxygen atoms in total. The van der Waals surface area contributed by atoms with Gasteiger partial charge in [-0.05, 0) is 0 Å². The molecule has 10 N–H and O–H groups in total. The van der Waals surface area contributed by atoms with Crippen LogP contribution in [0.15, 0.2) is 0 Å². The van der Waals surface area contributed by atoms with Crippen LogP contribution in [0.1, 0.15) is 13.3 Å². The summed E-state index contributed by atoms with van der Waals surface area (Å²) in [5.41, 5.74) is 9.57. The molecule has 24 heavy (non-hydrogen) atoms. The number of nitrogens with two attached hydrogens (primary N) is 2. The zero-order chi connectivity index (χ0) is 19.0. The van der Waals surface area contributed by atoms with Crippen LogP contribution in [0.25, 0.3) is 0 Å². The Kier molecular flexibility index (Phi) is 9.35. The van der Waals surface area contributed by atoms with Crippen LogP contribution in [0.2, 0.25) is 0 Å². The van der Waals surface area contributed by atoms with Crippen molar-refractivity contribution < 1.29 is 44.7 Å². The number of hydrogen-bond acceptors (Lipinski definition) is 9. The predicted octanol–water partition coefficient (Wildman–Crippen LogP) is -4.80. The molecule has 1 saturated heterocycles. The van der Waals surface area contributed by atoms with Gasteiger partial charge in [0.15, 0.2) is 6.29 Å². The largest absolute Gasteiger partial charge is 0.480 e. The van der Waals surface area contributed by atoms with Gasteiger partial charge in [0.25, 0.3) is 0 Å². The molecule has 1 rings (SSSR count). The first-order valence-corrected chi connectivity index (χ1v) is 6.85. The van der Waals surface area contributed by atoms with E-state index in [1.807, 2.05) is 0 Å². The summed E-state index contributed by atoms with van der Waals surface area (Å²) < 4.78 is 4.81. The van der Waals surface area contributed by atoms with Crippen molar-refractivity contribution in [1.82, 2.24) is 5.32 Å². The van der Waals surface area contributed by atoms with Gasteiger partial charge in [-0.25, -0.2) is 0 Å². The molecule has 0 spiro atoms. The van der Waals surface area contributed by atoms with Crippen LogP contribution in [0, 0.1) is 0 Å². The van der Waals surface area contributed by atoms with Gasteiger partial charge in [-0.15, -0.1) is 0 Å². The highest BCUT2D eigenvalue weighted by Crippen LogP contribution is 2.19. The average molecular weight is 353 g/mol. The first-order chi connectivity index (χ1) is 11.0. The maximum atomic E-state index is 10.7. The third-order valence-corrected chi connectivity index (χ3v) is 3.01. The minimum atomic E-state index is -1.45. The van der Waals surface area contributed by atoms with Crippen LogP contribution < -0.4 is 16.8 Å². The smallest absolute Gasteiger partial charge is 0.321 e. The van der Waals surface area contributed by atoms with Crippen molar-refractivity contribution in [2.75, 3.05) is 6.61 Å². The summed E-state index contributed by atoms with van der Waals surface area (Å²) in [5.74, 6) is -2.38. The summed E-state index contributed by atoms with van der Waals surface area (Å²) in [6.07, 6.45) is -5.55. The van der Waals surface area contributed by atoms with E-state index in [0.29, 0.717) is 0 Å². The quantitative estimate of drug-likeness (QED) is 0.235. The number of aliphatic hydroxyl groups is 4. The topological polar surface area (TPSA) is 226 Å².